The van der Waals surface area contributed by atoms with Crippen molar-refractivity contribution in [2.24, 2.45) is 5.73 Å². The first-order chi connectivity index (χ1) is 8.99. The van der Waals surface area contributed by atoms with Crippen LogP contribution in [0.15, 0.2) is 24.3 Å². The molecule has 0 saturated carbocycles. The molecular weight excluding hydrogens is 250 g/mol. The molecule has 2 N–H and O–H groups in total. The van der Waals surface area contributed by atoms with E-state index in [4.69, 9.17) is 10.5 Å². The number of ether oxygens (including phenoxy) is 1. The Bertz CT molecular complexity index is 467. The molecule has 3 nitrogen and oxygen atoms in total. The Morgan fingerprint density at radius 3 is 2.30 bits per heavy atom. The number of hydrogen-bond acceptors (Lipinski definition) is 3. The van der Waals surface area contributed by atoms with Gasteiger partial charge in [0.25, 0.3) is 0 Å². The molecule has 0 fully saturated rings. The maximum absolute atomic E-state index is 11.9. The van der Waals surface area contributed by atoms with Gasteiger partial charge in [-0.25, -0.2) is 0 Å². The third kappa shape index (κ3) is 5.33. The van der Waals surface area contributed by atoms with E-state index in [1.807, 2.05) is 32.9 Å². The number of benzene rings is 1. The van der Waals surface area contributed by atoms with Gasteiger partial charge in [0.1, 0.15) is 11.6 Å². The largest absolute Gasteiger partial charge is 0.459 e. The molecule has 1 rings (SSSR count). The van der Waals surface area contributed by atoms with Gasteiger partial charge < -0.3 is 10.5 Å². The molecule has 0 heterocycles. The molecule has 0 bridgehead atoms. The smallest absolute Gasteiger partial charge is 0.323 e. The first-order valence-electron chi connectivity index (χ1n) is 7.07. The number of nitrogens with two attached hydrogens (primary N) is 1. The Hall–Kier alpha value is -1.35. The Morgan fingerprint density at radius 2 is 1.80 bits per heavy atom. The van der Waals surface area contributed by atoms with Crippen molar-refractivity contribution in [3.05, 3.63) is 35.4 Å². The van der Waals surface area contributed by atoms with Gasteiger partial charge in [-0.15, -0.1) is 0 Å². The molecule has 3 heteroatoms. The summed E-state index contributed by atoms with van der Waals surface area (Å²) in [7, 11) is 0. The maximum Gasteiger partial charge on any atom is 0.323 e. The molecule has 1 aromatic carbocycles. The number of esters is 1. The minimum absolute atomic E-state index is 0.0893. The third-order valence-electron chi connectivity index (χ3n) is 2.96. The van der Waals surface area contributed by atoms with Crippen LogP contribution in [-0.2, 0) is 21.4 Å². The first kappa shape index (κ1) is 16.7. The molecule has 0 aromatic heterocycles. The standard InChI is InChI=1S/C17H27NO2/c1-16(2,3)13-9-7-8-12(10-13)11-14(18)15(19)20-17(4,5)6/h7-10,14H,11,18H2,1-6H3/t14-/m0/s1. The minimum Gasteiger partial charge on any atom is -0.459 e. The van der Waals surface area contributed by atoms with Crippen LogP contribution >= 0.6 is 0 Å². The van der Waals surface area contributed by atoms with Crippen LogP contribution < -0.4 is 5.73 Å². The van der Waals surface area contributed by atoms with Crippen LogP contribution in [0.5, 0.6) is 0 Å². The topological polar surface area (TPSA) is 52.3 Å². The number of hydrogen-bond donors (Lipinski definition) is 1. The lowest BCUT2D eigenvalue weighted by molar-refractivity contribution is -0.156. The molecule has 0 aliphatic carbocycles. The second-order valence-electron chi connectivity index (χ2n) is 7.29. The van der Waals surface area contributed by atoms with Crippen LogP contribution in [0.1, 0.15) is 52.7 Å². The zero-order chi connectivity index (χ0) is 15.6. The molecule has 0 amide bonds. The zero-order valence-electron chi connectivity index (χ0n) is 13.5. The van der Waals surface area contributed by atoms with Crippen LogP contribution in [-0.4, -0.2) is 17.6 Å². The number of rotatable bonds is 3. The van der Waals surface area contributed by atoms with Gasteiger partial charge in [-0.05, 0) is 43.7 Å². The van der Waals surface area contributed by atoms with Crippen molar-refractivity contribution in [2.75, 3.05) is 0 Å². The Labute approximate surface area is 122 Å². The van der Waals surface area contributed by atoms with Crippen LogP contribution in [0, 0.1) is 0 Å². The van der Waals surface area contributed by atoms with Crippen molar-refractivity contribution in [3.63, 3.8) is 0 Å². The summed E-state index contributed by atoms with van der Waals surface area (Å²) >= 11 is 0. The highest BCUT2D eigenvalue weighted by molar-refractivity contribution is 5.76. The van der Waals surface area contributed by atoms with E-state index in [0.717, 1.165) is 5.56 Å². The van der Waals surface area contributed by atoms with Crippen LogP contribution in [0.3, 0.4) is 0 Å². The van der Waals surface area contributed by atoms with Gasteiger partial charge in [-0.3, -0.25) is 4.79 Å². The number of carbonyl (C=O) groups excluding carboxylic acids is 1. The first-order valence-corrected chi connectivity index (χ1v) is 7.07. The van der Waals surface area contributed by atoms with Crippen molar-refractivity contribution < 1.29 is 9.53 Å². The van der Waals surface area contributed by atoms with Crippen LogP contribution in [0.25, 0.3) is 0 Å². The van der Waals surface area contributed by atoms with E-state index < -0.39 is 11.6 Å². The van der Waals surface area contributed by atoms with Gasteiger partial charge in [0, 0.05) is 0 Å². The van der Waals surface area contributed by atoms with E-state index in [9.17, 15) is 4.79 Å². The minimum atomic E-state index is -0.621. The molecule has 1 aromatic rings. The van der Waals surface area contributed by atoms with E-state index in [1.165, 1.54) is 5.56 Å². The maximum atomic E-state index is 11.9. The fourth-order valence-electron chi connectivity index (χ4n) is 1.88. The summed E-state index contributed by atoms with van der Waals surface area (Å²) in [6.45, 7) is 12.0. The predicted octanol–water partition coefficient (Wildman–Crippen LogP) is 3.20. The van der Waals surface area contributed by atoms with Crippen molar-refractivity contribution in [1.82, 2.24) is 0 Å². The van der Waals surface area contributed by atoms with Gasteiger partial charge in [0.05, 0.1) is 0 Å². The quantitative estimate of drug-likeness (QED) is 0.863. The third-order valence-corrected chi connectivity index (χ3v) is 2.96. The highest BCUT2D eigenvalue weighted by Gasteiger charge is 2.22. The van der Waals surface area contributed by atoms with E-state index >= 15 is 0 Å². The highest BCUT2D eigenvalue weighted by atomic mass is 16.6. The van der Waals surface area contributed by atoms with Gasteiger partial charge in [-0.1, -0.05) is 45.0 Å². The van der Waals surface area contributed by atoms with E-state index in [2.05, 4.69) is 32.9 Å². The second-order valence-corrected chi connectivity index (χ2v) is 7.29. The molecule has 0 aliphatic heterocycles. The van der Waals surface area contributed by atoms with Crippen molar-refractivity contribution in [1.29, 1.82) is 0 Å². The molecule has 0 unspecified atom stereocenters. The zero-order valence-corrected chi connectivity index (χ0v) is 13.5. The molecule has 0 spiro atoms. The van der Waals surface area contributed by atoms with E-state index in [-0.39, 0.29) is 11.4 Å². The molecule has 20 heavy (non-hydrogen) atoms. The summed E-state index contributed by atoms with van der Waals surface area (Å²) in [6, 6.07) is 7.61. The van der Waals surface area contributed by atoms with Gasteiger partial charge in [-0.2, -0.15) is 0 Å². The second kappa shape index (κ2) is 5.96. The van der Waals surface area contributed by atoms with Crippen molar-refractivity contribution >= 4 is 5.97 Å². The van der Waals surface area contributed by atoms with Gasteiger partial charge >= 0.3 is 5.97 Å². The fraction of sp³-hybridized carbons (Fsp3) is 0.588. The summed E-state index contributed by atoms with van der Waals surface area (Å²) in [6.07, 6.45) is 0.499. The molecule has 0 saturated heterocycles. The average Bonchev–Trinajstić information content (AvgIpc) is 2.25. The summed E-state index contributed by atoms with van der Waals surface area (Å²) < 4.78 is 5.31. The van der Waals surface area contributed by atoms with Crippen molar-refractivity contribution in [2.45, 2.75) is 65.0 Å². The lowest BCUT2D eigenvalue weighted by Gasteiger charge is -2.23. The van der Waals surface area contributed by atoms with Crippen LogP contribution in [0.4, 0.5) is 0 Å². The molecular formula is C17H27NO2. The average molecular weight is 277 g/mol. The molecule has 0 aliphatic rings. The summed E-state index contributed by atoms with van der Waals surface area (Å²) in [5.74, 6) is -0.348. The van der Waals surface area contributed by atoms with E-state index in [0.29, 0.717) is 6.42 Å². The monoisotopic (exact) mass is 277 g/mol. The Balaban J connectivity index is 2.76. The molecule has 0 radical (unpaired) electrons. The lowest BCUT2D eigenvalue weighted by Crippen LogP contribution is -2.38. The normalized spacial score (nSPS) is 13.9. The van der Waals surface area contributed by atoms with Crippen molar-refractivity contribution in [3.8, 4) is 0 Å². The summed E-state index contributed by atoms with van der Waals surface area (Å²) in [5.41, 5.74) is 7.84. The Kier molecular flexibility index (Phi) is 4.98. The van der Waals surface area contributed by atoms with Crippen LogP contribution in [0.2, 0.25) is 0 Å². The summed E-state index contributed by atoms with van der Waals surface area (Å²) in [5, 5.41) is 0. The fourth-order valence-corrected chi connectivity index (χ4v) is 1.88. The highest BCUT2D eigenvalue weighted by Crippen LogP contribution is 2.23. The molecule has 112 valence electrons. The Morgan fingerprint density at radius 1 is 1.20 bits per heavy atom. The van der Waals surface area contributed by atoms with Gasteiger partial charge in [0.15, 0.2) is 0 Å². The van der Waals surface area contributed by atoms with Gasteiger partial charge in [0.2, 0.25) is 0 Å². The predicted molar refractivity (Wildman–Crippen MR) is 82.7 cm³/mol. The lowest BCUT2D eigenvalue weighted by atomic mass is 9.85. The summed E-state index contributed by atoms with van der Waals surface area (Å²) in [4.78, 5) is 11.9. The van der Waals surface area contributed by atoms with E-state index in [1.54, 1.807) is 0 Å². The SMILES string of the molecule is CC(C)(C)OC(=O)[C@@H](N)Cc1cccc(C(C)(C)C)c1. The molecule has 1 atom stereocenters. The number of carbonyl (C=O) groups is 1.